The summed E-state index contributed by atoms with van der Waals surface area (Å²) in [6.07, 6.45) is 5.12. The number of benzene rings is 1. The highest BCUT2D eigenvalue weighted by Gasteiger charge is 2.19. The van der Waals surface area contributed by atoms with E-state index in [-0.39, 0.29) is 12.6 Å². The van der Waals surface area contributed by atoms with E-state index in [0.29, 0.717) is 12.5 Å². The van der Waals surface area contributed by atoms with E-state index in [1.54, 1.807) is 0 Å². The first-order valence-corrected chi connectivity index (χ1v) is 8.62. The Kier molecular flexibility index (Phi) is 5.88. The molecule has 2 heterocycles. The van der Waals surface area contributed by atoms with Crippen molar-refractivity contribution in [2.75, 3.05) is 39.5 Å². The highest BCUT2D eigenvalue weighted by molar-refractivity contribution is 5.95. The molecule has 5 heteroatoms. The van der Waals surface area contributed by atoms with Gasteiger partial charge in [-0.15, -0.1) is 0 Å². The number of hydrogen-bond donors (Lipinski definition) is 1. The van der Waals surface area contributed by atoms with Gasteiger partial charge in [0.2, 0.25) is 5.90 Å². The molecule has 2 aliphatic heterocycles. The first kappa shape index (κ1) is 16.3. The van der Waals surface area contributed by atoms with Gasteiger partial charge >= 0.3 is 0 Å². The van der Waals surface area contributed by atoms with E-state index >= 15 is 0 Å². The van der Waals surface area contributed by atoms with Gasteiger partial charge in [-0.25, -0.2) is 4.99 Å². The summed E-state index contributed by atoms with van der Waals surface area (Å²) < 4.78 is 11.3. The van der Waals surface area contributed by atoms with Crippen molar-refractivity contribution in [1.82, 2.24) is 4.90 Å². The molecule has 0 bridgehead atoms. The van der Waals surface area contributed by atoms with Gasteiger partial charge in [0.15, 0.2) is 0 Å². The lowest BCUT2D eigenvalue weighted by Crippen LogP contribution is -2.31. The molecule has 126 valence electrons. The second-order valence-corrected chi connectivity index (χ2v) is 6.21. The number of aliphatic hydroxyl groups is 1. The Morgan fingerprint density at radius 3 is 2.65 bits per heavy atom. The van der Waals surface area contributed by atoms with Crippen LogP contribution in [-0.2, 0) is 4.74 Å². The van der Waals surface area contributed by atoms with Crippen LogP contribution in [0.3, 0.4) is 0 Å². The molecule has 5 nitrogen and oxygen atoms in total. The van der Waals surface area contributed by atoms with E-state index in [2.05, 4.69) is 9.89 Å². The largest absolute Gasteiger partial charge is 0.494 e. The van der Waals surface area contributed by atoms with Crippen molar-refractivity contribution in [3.8, 4) is 5.75 Å². The highest BCUT2D eigenvalue weighted by atomic mass is 16.5. The Bertz CT molecular complexity index is 510. The van der Waals surface area contributed by atoms with Gasteiger partial charge in [0, 0.05) is 12.1 Å². The van der Waals surface area contributed by atoms with Crippen molar-refractivity contribution in [2.45, 2.75) is 31.7 Å². The van der Waals surface area contributed by atoms with Crippen LogP contribution < -0.4 is 4.74 Å². The molecule has 2 aliphatic rings. The van der Waals surface area contributed by atoms with Gasteiger partial charge in [0.25, 0.3) is 0 Å². The topological polar surface area (TPSA) is 54.3 Å². The molecular formula is C18H26N2O3. The highest BCUT2D eigenvalue weighted by Crippen LogP contribution is 2.17. The van der Waals surface area contributed by atoms with Crippen LogP contribution in [0.15, 0.2) is 29.3 Å². The molecule has 0 radical (unpaired) electrons. The number of likely N-dealkylation sites (tertiary alicyclic amines) is 1. The zero-order valence-electron chi connectivity index (χ0n) is 13.6. The van der Waals surface area contributed by atoms with Crippen molar-refractivity contribution in [1.29, 1.82) is 0 Å². The minimum Gasteiger partial charge on any atom is -0.494 e. The van der Waals surface area contributed by atoms with Crippen LogP contribution in [0.5, 0.6) is 5.75 Å². The fourth-order valence-corrected chi connectivity index (χ4v) is 3.02. The summed E-state index contributed by atoms with van der Waals surface area (Å²) >= 11 is 0. The van der Waals surface area contributed by atoms with Crippen molar-refractivity contribution in [2.24, 2.45) is 4.99 Å². The van der Waals surface area contributed by atoms with Crippen LogP contribution in [-0.4, -0.2) is 61.4 Å². The lowest BCUT2D eigenvalue weighted by molar-refractivity contribution is 0.205. The molecule has 1 aromatic rings. The molecule has 3 rings (SSSR count). The lowest BCUT2D eigenvalue weighted by atomic mass is 10.1. The first-order valence-electron chi connectivity index (χ1n) is 8.62. The molecule has 0 aromatic heterocycles. The summed E-state index contributed by atoms with van der Waals surface area (Å²) in [5.74, 6) is 1.49. The molecule has 23 heavy (non-hydrogen) atoms. The fourth-order valence-electron chi connectivity index (χ4n) is 3.02. The summed E-state index contributed by atoms with van der Waals surface area (Å²) in [5, 5.41) is 9.08. The lowest BCUT2D eigenvalue weighted by Gasteiger charge is -2.26. The molecule has 1 fully saturated rings. The molecule has 0 saturated carbocycles. The first-order chi connectivity index (χ1) is 11.3. The SMILES string of the molecule is OCC1COC(c2ccc(OCCCN3CCCCC3)cc2)=N1. The van der Waals surface area contributed by atoms with Crippen LogP contribution in [0.25, 0.3) is 0 Å². The van der Waals surface area contributed by atoms with Crippen LogP contribution in [0, 0.1) is 0 Å². The maximum absolute atomic E-state index is 9.08. The second-order valence-electron chi connectivity index (χ2n) is 6.21. The van der Waals surface area contributed by atoms with E-state index in [9.17, 15) is 0 Å². The molecule has 0 aliphatic carbocycles. The molecular weight excluding hydrogens is 292 g/mol. The zero-order valence-corrected chi connectivity index (χ0v) is 13.6. The molecule has 0 spiro atoms. The Morgan fingerprint density at radius 2 is 1.96 bits per heavy atom. The summed E-state index contributed by atoms with van der Waals surface area (Å²) in [7, 11) is 0. The summed E-state index contributed by atoms with van der Waals surface area (Å²) in [5.41, 5.74) is 0.932. The minimum absolute atomic E-state index is 0.0295. The zero-order chi connectivity index (χ0) is 15.9. The van der Waals surface area contributed by atoms with Crippen molar-refractivity contribution in [3.63, 3.8) is 0 Å². The van der Waals surface area contributed by atoms with Gasteiger partial charge in [-0.2, -0.15) is 0 Å². The van der Waals surface area contributed by atoms with Crippen molar-refractivity contribution >= 4 is 5.90 Å². The number of aliphatic hydroxyl groups excluding tert-OH is 1. The van der Waals surface area contributed by atoms with E-state index in [4.69, 9.17) is 14.6 Å². The van der Waals surface area contributed by atoms with Gasteiger partial charge in [-0.05, 0) is 56.6 Å². The van der Waals surface area contributed by atoms with Gasteiger partial charge < -0.3 is 19.5 Å². The van der Waals surface area contributed by atoms with Crippen LogP contribution >= 0.6 is 0 Å². The Morgan fingerprint density at radius 1 is 1.17 bits per heavy atom. The number of hydrogen-bond acceptors (Lipinski definition) is 5. The van der Waals surface area contributed by atoms with Crippen molar-refractivity contribution < 1.29 is 14.6 Å². The van der Waals surface area contributed by atoms with E-state index in [1.807, 2.05) is 24.3 Å². The third-order valence-corrected chi connectivity index (χ3v) is 4.36. The number of rotatable bonds is 7. The molecule has 1 N–H and O–H groups in total. The standard InChI is InChI=1S/C18H26N2O3/c21-13-16-14-23-18(19-16)15-5-7-17(8-6-15)22-12-4-11-20-9-2-1-3-10-20/h5-8,16,21H,1-4,9-14H2. The average molecular weight is 318 g/mol. The fraction of sp³-hybridized carbons (Fsp3) is 0.611. The van der Waals surface area contributed by atoms with Crippen LogP contribution in [0.1, 0.15) is 31.2 Å². The Balaban J connectivity index is 1.41. The Labute approximate surface area is 137 Å². The van der Waals surface area contributed by atoms with E-state index in [1.165, 1.54) is 32.4 Å². The predicted molar refractivity (Wildman–Crippen MR) is 90.2 cm³/mol. The van der Waals surface area contributed by atoms with Gasteiger partial charge in [0.1, 0.15) is 18.4 Å². The quantitative estimate of drug-likeness (QED) is 0.782. The number of piperidine rings is 1. The van der Waals surface area contributed by atoms with Crippen LogP contribution in [0.2, 0.25) is 0 Å². The Hall–Kier alpha value is -1.59. The molecule has 1 saturated heterocycles. The average Bonchev–Trinajstić information content (AvgIpc) is 3.09. The van der Waals surface area contributed by atoms with Crippen LogP contribution in [0.4, 0.5) is 0 Å². The smallest absolute Gasteiger partial charge is 0.216 e. The molecule has 0 amide bonds. The second kappa shape index (κ2) is 8.31. The normalized spacial score (nSPS) is 21.8. The van der Waals surface area contributed by atoms with E-state index in [0.717, 1.165) is 30.9 Å². The van der Waals surface area contributed by atoms with E-state index < -0.39 is 0 Å². The minimum atomic E-state index is -0.129. The predicted octanol–water partition coefficient (Wildman–Crippen LogP) is 2.08. The summed E-state index contributed by atoms with van der Waals surface area (Å²) in [6, 6.07) is 7.69. The van der Waals surface area contributed by atoms with Gasteiger partial charge in [-0.3, -0.25) is 0 Å². The van der Waals surface area contributed by atoms with Gasteiger partial charge in [-0.1, -0.05) is 6.42 Å². The maximum Gasteiger partial charge on any atom is 0.216 e. The molecule has 1 aromatic carbocycles. The number of ether oxygens (including phenoxy) is 2. The van der Waals surface area contributed by atoms with Gasteiger partial charge in [0.05, 0.1) is 13.2 Å². The monoisotopic (exact) mass is 318 g/mol. The molecule has 1 unspecified atom stereocenters. The molecule has 1 atom stereocenters. The third kappa shape index (κ3) is 4.69. The third-order valence-electron chi connectivity index (χ3n) is 4.36. The maximum atomic E-state index is 9.08. The number of nitrogens with zero attached hydrogens (tertiary/aromatic N) is 2. The summed E-state index contributed by atoms with van der Waals surface area (Å²) in [4.78, 5) is 6.86. The van der Waals surface area contributed by atoms with Crippen molar-refractivity contribution in [3.05, 3.63) is 29.8 Å². The summed E-state index contributed by atoms with van der Waals surface area (Å²) in [6.45, 7) is 4.85. The number of aliphatic imine (C=N–C) groups is 1.